The maximum atomic E-state index is 12.0. The van der Waals surface area contributed by atoms with Gasteiger partial charge < -0.3 is 10.5 Å². The Hall–Kier alpha value is -1.65. The molecule has 0 aliphatic carbocycles. The van der Waals surface area contributed by atoms with E-state index in [1.807, 2.05) is 29.6 Å². The van der Waals surface area contributed by atoms with Crippen molar-refractivity contribution in [3.63, 3.8) is 0 Å². The second kappa shape index (κ2) is 6.33. The summed E-state index contributed by atoms with van der Waals surface area (Å²) in [5, 5.41) is 1.90. The van der Waals surface area contributed by atoms with Crippen LogP contribution in [-0.4, -0.2) is 18.9 Å². The van der Waals surface area contributed by atoms with Crippen LogP contribution in [0, 0.1) is 0 Å². The molecular weight excluding hydrogens is 246 g/mol. The summed E-state index contributed by atoms with van der Waals surface area (Å²) in [5.74, 6) is 0.824. The number of ether oxygens (including phenoxy) is 1. The summed E-state index contributed by atoms with van der Waals surface area (Å²) in [6.45, 7) is 1.23. The summed E-state index contributed by atoms with van der Waals surface area (Å²) in [7, 11) is 0. The number of carbonyl (C=O) groups excluding carboxylic acids is 1. The summed E-state index contributed by atoms with van der Waals surface area (Å²) < 4.78 is 5.48. The first-order chi connectivity index (χ1) is 8.81. The molecule has 0 fully saturated rings. The number of benzene rings is 1. The van der Waals surface area contributed by atoms with Gasteiger partial charge >= 0.3 is 0 Å². The number of carbonyl (C=O) groups is 1. The summed E-state index contributed by atoms with van der Waals surface area (Å²) in [6.07, 6.45) is 0.829. The van der Waals surface area contributed by atoms with Crippen molar-refractivity contribution in [1.82, 2.24) is 0 Å². The molecule has 3 nitrogen and oxygen atoms in total. The minimum atomic E-state index is 0.0542. The van der Waals surface area contributed by atoms with Crippen LogP contribution in [-0.2, 0) is 0 Å². The molecule has 0 radical (unpaired) electrons. The lowest BCUT2D eigenvalue weighted by molar-refractivity contribution is 0.104. The van der Waals surface area contributed by atoms with Crippen molar-refractivity contribution in [1.29, 1.82) is 0 Å². The third-order valence-corrected chi connectivity index (χ3v) is 3.35. The molecule has 0 saturated heterocycles. The molecule has 0 spiro atoms. The number of nitrogens with two attached hydrogens (primary N) is 1. The van der Waals surface area contributed by atoms with Gasteiger partial charge in [0.1, 0.15) is 5.75 Å². The molecule has 94 valence electrons. The van der Waals surface area contributed by atoms with Crippen LogP contribution in [0.5, 0.6) is 5.75 Å². The Morgan fingerprint density at radius 2 is 2.00 bits per heavy atom. The molecule has 18 heavy (non-hydrogen) atoms. The first-order valence-corrected chi connectivity index (χ1v) is 6.70. The molecule has 4 heteroatoms. The smallest absolute Gasteiger partial charge is 0.202 e. The van der Waals surface area contributed by atoms with Gasteiger partial charge in [-0.3, -0.25) is 4.79 Å². The highest BCUT2D eigenvalue weighted by Gasteiger charge is 2.09. The maximum Gasteiger partial charge on any atom is 0.202 e. The highest BCUT2D eigenvalue weighted by Crippen LogP contribution is 2.18. The number of rotatable bonds is 6. The normalized spacial score (nSPS) is 10.3. The zero-order valence-corrected chi connectivity index (χ0v) is 10.8. The quantitative estimate of drug-likeness (QED) is 0.642. The van der Waals surface area contributed by atoms with E-state index in [1.54, 1.807) is 12.1 Å². The average molecular weight is 261 g/mol. The molecule has 1 aromatic carbocycles. The maximum absolute atomic E-state index is 12.0. The van der Waals surface area contributed by atoms with E-state index in [9.17, 15) is 4.79 Å². The van der Waals surface area contributed by atoms with Crippen molar-refractivity contribution in [3.05, 3.63) is 52.2 Å². The fourth-order valence-electron chi connectivity index (χ4n) is 1.53. The third kappa shape index (κ3) is 3.18. The summed E-state index contributed by atoms with van der Waals surface area (Å²) in [6, 6.07) is 10.9. The second-order valence-electron chi connectivity index (χ2n) is 3.82. The molecule has 0 amide bonds. The SMILES string of the molecule is NCCCOc1ccc(C(=O)c2cccs2)cc1. The van der Waals surface area contributed by atoms with Crippen molar-refractivity contribution in [2.45, 2.75) is 6.42 Å². The van der Waals surface area contributed by atoms with Gasteiger partial charge in [0.15, 0.2) is 0 Å². The fourth-order valence-corrected chi connectivity index (χ4v) is 2.21. The molecule has 0 unspecified atom stereocenters. The summed E-state index contributed by atoms with van der Waals surface area (Å²) in [5.41, 5.74) is 6.07. The van der Waals surface area contributed by atoms with Gasteiger partial charge in [0.2, 0.25) is 5.78 Å². The molecule has 1 aromatic heterocycles. The van der Waals surface area contributed by atoms with Gasteiger partial charge in [0.25, 0.3) is 0 Å². The Morgan fingerprint density at radius 3 is 2.61 bits per heavy atom. The van der Waals surface area contributed by atoms with E-state index in [2.05, 4.69) is 0 Å². The van der Waals surface area contributed by atoms with Crippen LogP contribution in [0.25, 0.3) is 0 Å². The monoisotopic (exact) mass is 261 g/mol. The van der Waals surface area contributed by atoms with Crippen LogP contribution in [0.3, 0.4) is 0 Å². The Labute approximate surface area is 110 Å². The topological polar surface area (TPSA) is 52.3 Å². The second-order valence-corrected chi connectivity index (χ2v) is 4.77. The molecule has 0 bridgehead atoms. The predicted molar refractivity (Wildman–Crippen MR) is 73.4 cm³/mol. The summed E-state index contributed by atoms with van der Waals surface area (Å²) in [4.78, 5) is 12.8. The van der Waals surface area contributed by atoms with Crippen molar-refractivity contribution >= 4 is 17.1 Å². The lowest BCUT2D eigenvalue weighted by Crippen LogP contribution is -2.06. The largest absolute Gasteiger partial charge is 0.494 e. The first-order valence-electron chi connectivity index (χ1n) is 5.82. The lowest BCUT2D eigenvalue weighted by Gasteiger charge is -2.05. The molecular formula is C14H15NO2S. The molecule has 2 rings (SSSR count). The van der Waals surface area contributed by atoms with Gasteiger partial charge in [-0.1, -0.05) is 6.07 Å². The standard InChI is InChI=1S/C14H15NO2S/c15-8-2-9-17-12-6-4-11(5-7-12)14(16)13-3-1-10-18-13/h1,3-7,10H,2,8-9,15H2. The van der Waals surface area contributed by atoms with E-state index in [4.69, 9.17) is 10.5 Å². The van der Waals surface area contributed by atoms with Crippen molar-refractivity contribution in [2.75, 3.05) is 13.2 Å². The van der Waals surface area contributed by atoms with Crippen LogP contribution in [0.2, 0.25) is 0 Å². The number of ketones is 1. The van der Waals surface area contributed by atoms with Crippen LogP contribution < -0.4 is 10.5 Å². The van der Waals surface area contributed by atoms with Crippen molar-refractivity contribution < 1.29 is 9.53 Å². The molecule has 0 atom stereocenters. The van der Waals surface area contributed by atoms with E-state index < -0.39 is 0 Å². The van der Waals surface area contributed by atoms with Gasteiger partial charge in [-0.2, -0.15) is 0 Å². The van der Waals surface area contributed by atoms with Gasteiger partial charge in [0, 0.05) is 5.56 Å². The van der Waals surface area contributed by atoms with Crippen LogP contribution in [0.1, 0.15) is 21.7 Å². The third-order valence-electron chi connectivity index (χ3n) is 2.48. The van der Waals surface area contributed by atoms with Gasteiger partial charge in [-0.05, 0) is 48.7 Å². The van der Waals surface area contributed by atoms with Crippen molar-refractivity contribution in [3.8, 4) is 5.75 Å². The van der Waals surface area contributed by atoms with Crippen LogP contribution in [0.4, 0.5) is 0 Å². The highest BCUT2D eigenvalue weighted by atomic mass is 32.1. The Bertz CT molecular complexity index is 491. The molecule has 2 aromatic rings. The molecule has 1 heterocycles. The Morgan fingerprint density at radius 1 is 1.22 bits per heavy atom. The summed E-state index contributed by atoms with van der Waals surface area (Å²) >= 11 is 1.45. The number of hydrogen-bond donors (Lipinski definition) is 1. The molecule has 0 aliphatic rings. The number of hydrogen-bond acceptors (Lipinski definition) is 4. The molecule has 0 saturated carbocycles. The average Bonchev–Trinajstić information content (AvgIpc) is 2.93. The van der Waals surface area contributed by atoms with Gasteiger partial charge in [0.05, 0.1) is 11.5 Å². The Balaban J connectivity index is 2.01. The zero-order valence-electron chi connectivity index (χ0n) is 9.96. The van der Waals surface area contributed by atoms with Crippen LogP contribution >= 0.6 is 11.3 Å². The molecule has 0 aliphatic heterocycles. The zero-order chi connectivity index (χ0) is 12.8. The number of thiophene rings is 1. The van der Waals surface area contributed by atoms with Crippen LogP contribution in [0.15, 0.2) is 41.8 Å². The van der Waals surface area contributed by atoms with E-state index in [0.29, 0.717) is 18.7 Å². The lowest BCUT2D eigenvalue weighted by atomic mass is 10.1. The van der Waals surface area contributed by atoms with E-state index >= 15 is 0 Å². The fraction of sp³-hybridized carbons (Fsp3) is 0.214. The van der Waals surface area contributed by atoms with E-state index in [1.165, 1.54) is 11.3 Å². The predicted octanol–water partition coefficient (Wildman–Crippen LogP) is 2.71. The molecule has 2 N–H and O–H groups in total. The van der Waals surface area contributed by atoms with E-state index in [0.717, 1.165) is 17.0 Å². The van der Waals surface area contributed by atoms with Gasteiger partial charge in [-0.25, -0.2) is 0 Å². The highest BCUT2D eigenvalue weighted by molar-refractivity contribution is 7.12. The first kappa shape index (κ1) is 12.8. The minimum Gasteiger partial charge on any atom is -0.494 e. The van der Waals surface area contributed by atoms with Gasteiger partial charge in [-0.15, -0.1) is 11.3 Å². The van der Waals surface area contributed by atoms with Crippen molar-refractivity contribution in [2.24, 2.45) is 5.73 Å². The Kier molecular flexibility index (Phi) is 4.50. The minimum absolute atomic E-state index is 0.0542. The van der Waals surface area contributed by atoms with E-state index in [-0.39, 0.29) is 5.78 Å².